The third-order valence-corrected chi connectivity index (χ3v) is 2.40. The maximum absolute atomic E-state index is 13.6. The quantitative estimate of drug-likeness (QED) is 0.799. The van der Waals surface area contributed by atoms with Gasteiger partial charge in [0.1, 0.15) is 6.17 Å². The molecule has 0 aliphatic heterocycles. The van der Waals surface area contributed by atoms with Crippen LogP contribution < -0.4 is 5.73 Å². The molecule has 0 bridgehead atoms. The van der Waals surface area contributed by atoms with Crippen molar-refractivity contribution >= 4 is 0 Å². The Kier molecular flexibility index (Phi) is 3.91. The van der Waals surface area contributed by atoms with E-state index in [9.17, 15) is 17.6 Å². The Hall–Kier alpha value is -1.10. The van der Waals surface area contributed by atoms with Gasteiger partial charge in [-0.3, -0.25) is 0 Å². The molecule has 5 heteroatoms. The van der Waals surface area contributed by atoms with Crippen molar-refractivity contribution in [3.05, 3.63) is 35.4 Å². The number of hydrogen-bond acceptors (Lipinski definition) is 1. The van der Waals surface area contributed by atoms with E-state index in [0.29, 0.717) is 0 Å². The summed E-state index contributed by atoms with van der Waals surface area (Å²) in [4.78, 5) is 0. The lowest BCUT2D eigenvalue weighted by Crippen LogP contribution is -2.16. The summed E-state index contributed by atoms with van der Waals surface area (Å²) < 4.78 is 50.8. The second kappa shape index (κ2) is 4.82. The highest BCUT2D eigenvalue weighted by molar-refractivity contribution is 5.27. The van der Waals surface area contributed by atoms with Crippen molar-refractivity contribution < 1.29 is 17.6 Å². The first-order valence-corrected chi connectivity index (χ1v) is 4.87. The van der Waals surface area contributed by atoms with E-state index in [1.54, 1.807) is 6.92 Å². The zero-order valence-corrected chi connectivity index (χ0v) is 8.76. The van der Waals surface area contributed by atoms with Gasteiger partial charge in [-0.05, 0) is 24.2 Å². The van der Waals surface area contributed by atoms with Crippen LogP contribution in [0.4, 0.5) is 17.6 Å². The molecule has 0 fully saturated rings. The first kappa shape index (κ1) is 13.0. The second-order valence-electron chi connectivity index (χ2n) is 3.74. The molecule has 1 aromatic rings. The minimum atomic E-state index is -4.44. The summed E-state index contributed by atoms with van der Waals surface area (Å²) in [5, 5.41) is 0. The van der Waals surface area contributed by atoms with Gasteiger partial charge in [0, 0.05) is 5.92 Å². The van der Waals surface area contributed by atoms with Gasteiger partial charge in [0.15, 0.2) is 0 Å². The molecule has 0 amide bonds. The van der Waals surface area contributed by atoms with Gasteiger partial charge in [-0.15, -0.1) is 0 Å². The standard InChI is InChI=1S/C11H13F4N/c1-7(6-16)10(12)8-3-2-4-9(5-8)11(13,14)15/h2-5,7,10H,6,16H2,1H3. The second-order valence-corrected chi connectivity index (χ2v) is 3.74. The van der Waals surface area contributed by atoms with Crippen molar-refractivity contribution in [1.29, 1.82) is 0 Å². The number of nitrogens with two attached hydrogens (primary N) is 1. The van der Waals surface area contributed by atoms with Crippen LogP contribution >= 0.6 is 0 Å². The lowest BCUT2D eigenvalue weighted by Gasteiger charge is -2.16. The monoisotopic (exact) mass is 235 g/mol. The molecular weight excluding hydrogens is 222 g/mol. The smallest absolute Gasteiger partial charge is 0.330 e. The Labute approximate surface area is 91.3 Å². The van der Waals surface area contributed by atoms with Crippen LogP contribution in [0.2, 0.25) is 0 Å². The van der Waals surface area contributed by atoms with Crippen LogP contribution in [-0.4, -0.2) is 6.54 Å². The van der Waals surface area contributed by atoms with Crippen LogP contribution in [0.15, 0.2) is 24.3 Å². The fourth-order valence-electron chi connectivity index (χ4n) is 1.33. The molecule has 16 heavy (non-hydrogen) atoms. The Bertz CT molecular complexity index is 348. The van der Waals surface area contributed by atoms with Gasteiger partial charge in [0.05, 0.1) is 5.56 Å². The number of benzene rings is 1. The molecular formula is C11H13F4N. The topological polar surface area (TPSA) is 26.0 Å². The number of halogens is 4. The van der Waals surface area contributed by atoms with Crippen molar-refractivity contribution in [2.24, 2.45) is 11.7 Å². The zero-order valence-electron chi connectivity index (χ0n) is 8.76. The lowest BCUT2D eigenvalue weighted by atomic mass is 9.97. The summed E-state index contributed by atoms with van der Waals surface area (Å²) in [6, 6.07) is 4.29. The molecule has 0 radical (unpaired) electrons. The van der Waals surface area contributed by atoms with Gasteiger partial charge in [-0.1, -0.05) is 19.1 Å². The Morgan fingerprint density at radius 2 is 1.94 bits per heavy atom. The minimum Gasteiger partial charge on any atom is -0.330 e. The van der Waals surface area contributed by atoms with Crippen molar-refractivity contribution in [1.82, 2.24) is 0 Å². The van der Waals surface area contributed by atoms with Crippen LogP contribution in [0.3, 0.4) is 0 Å². The zero-order chi connectivity index (χ0) is 12.3. The van der Waals surface area contributed by atoms with Crippen molar-refractivity contribution in [2.45, 2.75) is 19.3 Å². The highest BCUT2D eigenvalue weighted by Gasteiger charge is 2.31. The number of hydrogen-bond donors (Lipinski definition) is 1. The maximum Gasteiger partial charge on any atom is 0.416 e. The van der Waals surface area contributed by atoms with Crippen LogP contribution in [0.1, 0.15) is 24.2 Å². The van der Waals surface area contributed by atoms with Crippen molar-refractivity contribution in [3.63, 3.8) is 0 Å². The van der Waals surface area contributed by atoms with E-state index in [2.05, 4.69) is 0 Å². The Balaban J connectivity index is 2.99. The van der Waals surface area contributed by atoms with Gasteiger partial charge >= 0.3 is 6.18 Å². The van der Waals surface area contributed by atoms with E-state index in [1.807, 2.05) is 0 Å². The SMILES string of the molecule is CC(CN)C(F)c1cccc(C(F)(F)F)c1. The molecule has 0 saturated carbocycles. The molecule has 0 aromatic heterocycles. The van der Waals surface area contributed by atoms with Gasteiger partial charge in [0.25, 0.3) is 0 Å². The molecule has 0 aliphatic carbocycles. The molecule has 90 valence electrons. The molecule has 0 spiro atoms. The molecule has 1 nitrogen and oxygen atoms in total. The van der Waals surface area contributed by atoms with Crippen LogP contribution in [0.25, 0.3) is 0 Å². The summed E-state index contributed by atoms with van der Waals surface area (Å²) in [6.45, 7) is 1.66. The first-order valence-electron chi connectivity index (χ1n) is 4.87. The van der Waals surface area contributed by atoms with Crippen molar-refractivity contribution in [3.8, 4) is 0 Å². The van der Waals surface area contributed by atoms with E-state index in [1.165, 1.54) is 12.1 Å². The van der Waals surface area contributed by atoms with E-state index in [-0.39, 0.29) is 12.1 Å². The maximum atomic E-state index is 13.6. The average Bonchev–Trinajstić information content (AvgIpc) is 2.26. The fourth-order valence-corrected chi connectivity index (χ4v) is 1.33. The molecule has 1 aromatic carbocycles. The van der Waals surface area contributed by atoms with Crippen LogP contribution in [0, 0.1) is 5.92 Å². The van der Waals surface area contributed by atoms with E-state index < -0.39 is 23.8 Å². The summed E-state index contributed by atoms with van der Waals surface area (Å²) in [7, 11) is 0. The number of rotatable bonds is 3. The molecule has 0 heterocycles. The average molecular weight is 235 g/mol. The molecule has 2 N–H and O–H groups in total. The van der Waals surface area contributed by atoms with Crippen LogP contribution in [0.5, 0.6) is 0 Å². The van der Waals surface area contributed by atoms with Gasteiger partial charge in [0.2, 0.25) is 0 Å². The number of alkyl halides is 4. The van der Waals surface area contributed by atoms with Gasteiger partial charge in [-0.2, -0.15) is 13.2 Å². The molecule has 0 aliphatic rings. The molecule has 1 rings (SSSR count). The van der Waals surface area contributed by atoms with Gasteiger partial charge in [-0.25, -0.2) is 4.39 Å². The van der Waals surface area contributed by atoms with E-state index >= 15 is 0 Å². The highest BCUT2D eigenvalue weighted by Crippen LogP contribution is 2.33. The molecule has 0 saturated heterocycles. The Morgan fingerprint density at radius 3 is 2.44 bits per heavy atom. The third kappa shape index (κ3) is 2.95. The van der Waals surface area contributed by atoms with E-state index in [4.69, 9.17) is 5.73 Å². The minimum absolute atomic E-state index is 0.0211. The summed E-state index contributed by atoms with van der Waals surface area (Å²) in [5.74, 6) is -0.497. The lowest BCUT2D eigenvalue weighted by molar-refractivity contribution is -0.137. The van der Waals surface area contributed by atoms with Gasteiger partial charge < -0.3 is 5.73 Å². The highest BCUT2D eigenvalue weighted by atomic mass is 19.4. The molecule has 2 unspecified atom stereocenters. The van der Waals surface area contributed by atoms with E-state index in [0.717, 1.165) is 12.1 Å². The fraction of sp³-hybridized carbons (Fsp3) is 0.455. The third-order valence-electron chi connectivity index (χ3n) is 2.40. The predicted molar refractivity (Wildman–Crippen MR) is 53.5 cm³/mol. The Morgan fingerprint density at radius 1 is 1.31 bits per heavy atom. The summed E-state index contributed by atoms with van der Waals surface area (Å²) >= 11 is 0. The van der Waals surface area contributed by atoms with Crippen molar-refractivity contribution in [2.75, 3.05) is 6.54 Å². The largest absolute Gasteiger partial charge is 0.416 e. The first-order chi connectivity index (χ1) is 7.36. The normalized spacial score (nSPS) is 15.9. The predicted octanol–water partition coefficient (Wildman–Crippen LogP) is 3.31. The summed E-state index contributed by atoms with van der Waals surface area (Å²) in [5.41, 5.74) is 4.46. The van der Waals surface area contributed by atoms with Crippen LogP contribution in [-0.2, 0) is 6.18 Å². The summed E-state index contributed by atoms with van der Waals surface area (Å²) in [6.07, 6.45) is -5.91. The molecule has 2 atom stereocenters.